The van der Waals surface area contributed by atoms with Crippen LogP contribution in [-0.2, 0) is 22.7 Å². The number of amides is 2. The molecule has 5 aromatic carbocycles. The summed E-state index contributed by atoms with van der Waals surface area (Å²) in [5.41, 5.74) is 4.92. The smallest absolute Gasteiger partial charge is 0.275 e. The zero-order chi connectivity index (χ0) is 44.3. The van der Waals surface area contributed by atoms with Crippen molar-refractivity contribution in [2.45, 2.75) is 45.4 Å². The third kappa shape index (κ3) is 10.9. The summed E-state index contributed by atoms with van der Waals surface area (Å²) in [6, 6.07) is 46.3. The van der Waals surface area contributed by atoms with Crippen LogP contribution in [0.3, 0.4) is 0 Å². The molecule has 0 radical (unpaired) electrons. The highest BCUT2D eigenvalue weighted by molar-refractivity contribution is 5.95. The Bertz CT molecular complexity index is 2830. The second-order valence-corrected chi connectivity index (χ2v) is 15.0. The van der Waals surface area contributed by atoms with Crippen LogP contribution in [0.1, 0.15) is 31.4 Å². The molecule has 12 heteroatoms. The number of carbonyl (C=O) groups excluding carboxylic acids is 2. The highest BCUT2D eigenvalue weighted by atomic mass is 16.5. The first-order chi connectivity index (χ1) is 30.6. The summed E-state index contributed by atoms with van der Waals surface area (Å²) in [6.07, 6.45) is 2.29. The van der Waals surface area contributed by atoms with E-state index in [-0.39, 0.29) is 47.4 Å². The Balaban J connectivity index is 1.05. The molecule has 2 atom stereocenters. The van der Waals surface area contributed by atoms with Crippen LogP contribution < -0.4 is 41.9 Å². The van der Waals surface area contributed by atoms with Gasteiger partial charge in [0.25, 0.3) is 11.1 Å². The number of pyridine rings is 2. The van der Waals surface area contributed by atoms with E-state index in [2.05, 4.69) is 21.3 Å². The normalized spacial score (nSPS) is 11.9. The molecule has 0 unspecified atom stereocenters. The number of benzene rings is 5. The van der Waals surface area contributed by atoms with Crippen molar-refractivity contribution in [3.8, 4) is 45.4 Å². The van der Waals surface area contributed by atoms with Gasteiger partial charge in [-0.1, -0.05) is 85.8 Å². The van der Waals surface area contributed by atoms with Crippen molar-refractivity contribution in [2.24, 2.45) is 0 Å². The minimum atomic E-state index is -0.475. The summed E-state index contributed by atoms with van der Waals surface area (Å²) < 4.78 is 15.9. The van der Waals surface area contributed by atoms with Crippen LogP contribution in [0.5, 0.6) is 23.0 Å². The van der Waals surface area contributed by atoms with Crippen molar-refractivity contribution in [3.63, 3.8) is 0 Å². The van der Waals surface area contributed by atoms with Gasteiger partial charge in [0.2, 0.25) is 11.8 Å². The summed E-state index contributed by atoms with van der Waals surface area (Å²) >= 11 is 0. The number of hydrogen-bond acceptors (Lipinski definition) is 8. The van der Waals surface area contributed by atoms with Crippen molar-refractivity contribution in [1.82, 2.24) is 19.8 Å². The number of hydrogen-bond donors (Lipinski definition) is 4. The van der Waals surface area contributed by atoms with E-state index in [1.807, 2.05) is 140 Å². The lowest BCUT2D eigenvalue weighted by molar-refractivity contribution is -0.118. The maximum atomic E-state index is 13.9. The Kier molecular flexibility index (Phi) is 14.1. The lowest BCUT2D eigenvalue weighted by Crippen LogP contribution is -2.39. The average molecular weight is 843 g/mol. The van der Waals surface area contributed by atoms with Crippen molar-refractivity contribution >= 4 is 23.2 Å². The maximum absolute atomic E-state index is 13.9. The van der Waals surface area contributed by atoms with Gasteiger partial charge in [-0.2, -0.15) is 0 Å². The number of rotatable bonds is 17. The Morgan fingerprint density at radius 1 is 0.556 bits per heavy atom. The molecular weight excluding hydrogens is 793 g/mol. The topological polar surface area (TPSA) is 145 Å². The van der Waals surface area contributed by atoms with Crippen LogP contribution in [0.4, 0.5) is 11.4 Å². The molecule has 12 nitrogen and oxygen atoms in total. The fourth-order valence-corrected chi connectivity index (χ4v) is 7.10. The molecule has 0 saturated heterocycles. The molecular formula is C51H50N6O6. The van der Waals surface area contributed by atoms with Crippen LogP contribution in [0.2, 0.25) is 0 Å². The lowest BCUT2D eigenvalue weighted by Gasteiger charge is -2.17. The first-order valence-corrected chi connectivity index (χ1v) is 20.8. The van der Waals surface area contributed by atoms with Crippen LogP contribution in [0.25, 0.3) is 22.4 Å². The number of nitrogens with one attached hydrogen (secondary N) is 4. The fourth-order valence-electron chi connectivity index (χ4n) is 7.10. The Morgan fingerprint density at radius 2 is 1.10 bits per heavy atom. The Labute approximate surface area is 366 Å². The van der Waals surface area contributed by atoms with E-state index in [1.54, 1.807) is 54.5 Å². The van der Waals surface area contributed by atoms with Crippen LogP contribution in [0, 0.1) is 0 Å². The standard InChI is InChI=1S/C51H50N6O6/c1-5-44(53-4)49(59)55-45-24-13-27-56(50(45)60)32-35-14-9-20-40(28-35)62-42-22-11-18-38(30-42)39-19-12-23-43(31-39)63-41-21-10-15-36(29-41)33-57-47(37-16-7-6-8-17-37)26-25-46(51(57)61)54-48(58)34(2)52-3/h6-31,34,44,52-53H,5,32-33H2,1-4H3,(H,54,58)(H,55,59)/t34-,44-/m0/s1. The maximum Gasteiger partial charge on any atom is 0.275 e. The molecule has 0 bridgehead atoms. The molecule has 0 aliphatic carbocycles. The van der Waals surface area contributed by atoms with Gasteiger partial charge in [0.1, 0.15) is 34.4 Å². The molecule has 2 heterocycles. The van der Waals surface area contributed by atoms with Gasteiger partial charge in [-0.3, -0.25) is 19.2 Å². The number of nitrogens with zero attached hydrogens (tertiary/aromatic N) is 2. The molecule has 0 aliphatic heterocycles. The SMILES string of the molecule is CC[C@H](NC)C(=O)Nc1cccn(Cc2cccc(Oc3cccc(-c4cccc(Oc5cccc(Cn6c(-c7ccccc7)ccc(NC(=O)[C@H](C)NC)c6=O)c5)c4)c3)c2)c1=O. The molecule has 0 saturated carbocycles. The van der Waals surface area contributed by atoms with Gasteiger partial charge in [0, 0.05) is 6.20 Å². The summed E-state index contributed by atoms with van der Waals surface area (Å²) in [4.78, 5) is 52.5. The van der Waals surface area contributed by atoms with Crippen LogP contribution in [0.15, 0.2) is 167 Å². The average Bonchev–Trinajstić information content (AvgIpc) is 3.30. The van der Waals surface area contributed by atoms with Gasteiger partial charge in [0.15, 0.2) is 0 Å². The second-order valence-electron chi connectivity index (χ2n) is 15.0. The molecule has 0 fully saturated rings. The fraction of sp³-hybridized carbons (Fsp3) is 0.176. The molecule has 7 rings (SSSR count). The molecule has 0 aliphatic rings. The molecule has 63 heavy (non-hydrogen) atoms. The number of carbonyl (C=O) groups is 2. The monoisotopic (exact) mass is 842 g/mol. The van der Waals surface area contributed by atoms with Crippen molar-refractivity contribution in [3.05, 3.63) is 190 Å². The largest absolute Gasteiger partial charge is 0.457 e. The predicted molar refractivity (Wildman–Crippen MR) is 249 cm³/mol. The van der Waals surface area contributed by atoms with Gasteiger partial charge in [0.05, 0.1) is 30.9 Å². The van der Waals surface area contributed by atoms with Crippen molar-refractivity contribution < 1.29 is 19.1 Å². The summed E-state index contributed by atoms with van der Waals surface area (Å²) in [5, 5.41) is 11.4. The number of ether oxygens (including phenoxy) is 2. The zero-order valence-corrected chi connectivity index (χ0v) is 35.6. The highest BCUT2D eigenvalue weighted by Crippen LogP contribution is 2.32. The first kappa shape index (κ1) is 43.5. The quantitative estimate of drug-likeness (QED) is 0.0715. The molecule has 7 aromatic rings. The van der Waals surface area contributed by atoms with E-state index in [4.69, 9.17) is 9.47 Å². The van der Waals surface area contributed by atoms with Gasteiger partial charge >= 0.3 is 0 Å². The van der Waals surface area contributed by atoms with Gasteiger partial charge in [-0.05, 0) is 128 Å². The molecule has 0 spiro atoms. The Morgan fingerprint density at radius 3 is 1.68 bits per heavy atom. The van der Waals surface area contributed by atoms with E-state index in [1.165, 1.54) is 0 Å². The van der Waals surface area contributed by atoms with Crippen LogP contribution >= 0.6 is 0 Å². The van der Waals surface area contributed by atoms with E-state index in [0.29, 0.717) is 29.4 Å². The van der Waals surface area contributed by atoms with Crippen molar-refractivity contribution in [2.75, 3.05) is 24.7 Å². The van der Waals surface area contributed by atoms with E-state index in [0.717, 1.165) is 33.5 Å². The molecule has 2 aromatic heterocycles. The minimum Gasteiger partial charge on any atom is -0.457 e. The number of aromatic nitrogens is 2. The summed E-state index contributed by atoms with van der Waals surface area (Å²) in [7, 11) is 3.41. The molecule has 320 valence electrons. The van der Waals surface area contributed by atoms with Gasteiger partial charge < -0.3 is 39.9 Å². The van der Waals surface area contributed by atoms with Crippen LogP contribution in [-0.4, -0.2) is 47.1 Å². The van der Waals surface area contributed by atoms with Gasteiger partial charge in [-0.25, -0.2) is 0 Å². The second kappa shape index (κ2) is 20.3. The molecule has 4 N–H and O–H groups in total. The highest BCUT2D eigenvalue weighted by Gasteiger charge is 2.18. The molecule has 2 amide bonds. The van der Waals surface area contributed by atoms with E-state index in [9.17, 15) is 19.2 Å². The summed E-state index contributed by atoms with van der Waals surface area (Å²) in [6.45, 7) is 4.16. The third-order valence-electron chi connectivity index (χ3n) is 10.6. The predicted octanol–water partition coefficient (Wildman–Crippen LogP) is 8.51. The minimum absolute atomic E-state index is 0.198. The Hall–Kier alpha value is -7.54. The van der Waals surface area contributed by atoms with E-state index < -0.39 is 12.1 Å². The first-order valence-electron chi connectivity index (χ1n) is 20.8. The lowest BCUT2D eigenvalue weighted by atomic mass is 10.1. The van der Waals surface area contributed by atoms with Crippen molar-refractivity contribution in [1.29, 1.82) is 0 Å². The summed E-state index contributed by atoms with van der Waals surface area (Å²) in [5.74, 6) is 1.91. The zero-order valence-electron chi connectivity index (χ0n) is 35.6. The van der Waals surface area contributed by atoms with Gasteiger partial charge in [-0.15, -0.1) is 0 Å². The number of anilines is 2. The number of likely N-dealkylation sites (N-methyl/N-ethyl adjacent to an activating group) is 2. The van der Waals surface area contributed by atoms with E-state index >= 15 is 0 Å². The third-order valence-corrected chi connectivity index (χ3v) is 10.6.